The van der Waals surface area contributed by atoms with Gasteiger partial charge in [0.1, 0.15) is 12.1 Å². The van der Waals surface area contributed by atoms with Gasteiger partial charge in [-0.1, -0.05) is 6.07 Å². The van der Waals surface area contributed by atoms with Gasteiger partial charge < -0.3 is 9.52 Å². The molecule has 0 saturated heterocycles. The van der Waals surface area contributed by atoms with Gasteiger partial charge in [-0.3, -0.25) is 0 Å². The quantitative estimate of drug-likeness (QED) is 0.897. The number of aliphatic hydroxyl groups excluding tert-OH is 1. The van der Waals surface area contributed by atoms with E-state index in [0.29, 0.717) is 5.56 Å². The predicted octanol–water partition coefficient (Wildman–Crippen LogP) is 1.39. The van der Waals surface area contributed by atoms with Crippen LogP contribution >= 0.6 is 0 Å². The van der Waals surface area contributed by atoms with Crippen molar-refractivity contribution in [3.8, 4) is 11.5 Å². The van der Waals surface area contributed by atoms with E-state index in [1.165, 1.54) is 24.5 Å². The number of hydrogen-bond acceptors (Lipinski definition) is 5. The summed E-state index contributed by atoms with van der Waals surface area (Å²) in [5, 5.41) is 8.63. The molecule has 7 heteroatoms. The highest BCUT2D eigenvalue weighted by Gasteiger charge is 2.15. The van der Waals surface area contributed by atoms with Crippen molar-refractivity contribution < 1.29 is 22.3 Å². The zero-order valence-corrected chi connectivity index (χ0v) is 10.7. The summed E-state index contributed by atoms with van der Waals surface area (Å²) in [4.78, 5) is 3.99. The Morgan fingerprint density at radius 2 is 2.16 bits per heavy atom. The van der Waals surface area contributed by atoms with Gasteiger partial charge in [0.2, 0.25) is 5.89 Å². The van der Waals surface area contributed by atoms with Gasteiger partial charge in [0.15, 0.2) is 9.84 Å². The second-order valence-corrected chi connectivity index (χ2v) is 6.15. The van der Waals surface area contributed by atoms with Gasteiger partial charge in [-0.05, 0) is 18.2 Å². The van der Waals surface area contributed by atoms with Crippen LogP contribution in [0.3, 0.4) is 0 Å². The number of halogens is 1. The normalized spacial score (nSPS) is 11.7. The van der Waals surface area contributed by atoms with Crippen LogP contribution in [0.2, 0.25) is 0 Å². The molecule has 1 heterocycles. The number of nitrogens with zero attached hydrogens (tertiary/aromatic N) is 1. The Hall–Kier alpha value is -1.73. The van der Waals surface area contributed by atoms with E-state index >= 15 is 0 Å². The average molecular weight is 285 g/mol. The minimum atomic E-state index is -3.41. The molecule has 1 N–H and O–H groups in total. The van der Waals surface area contributed by atoms with Crippen LogP contribution < -0.4 is 0 Å². The monoisotopic (exact) mass is 285 g/mol. The molecule has 0 aliphatic heterocycles. The van der Waals surface area contributed by atoms with Gasteiger partial charge in [0, 0.05) is 5.56 Å². The first-order valence-electron chi connectivity index (χ1n) is 5.52. The molecule has 0 spiro atoms. The van der Waals surface area contributed by atoms with Gasteiger partial charge in [-0.2, -0.15) is 0 Å². The maximum atomic E-state index is 13.0. The van der Waals surface area contributed by atoms with E-state index in [4.69, 9.17) is 9.52 Å². The summed E-state index contributed by atoms with van der Waals surface area (Å²) < 4.78 is 41.2. The third-order valence-corrected chi connectivity index (χ3v) is 3.93. The third-order valence-electron chi connectivity index (χ3n) is 2.39. The Kier molecular flexibility index (Phi) is 3.96. The van der Waals surface area contributed by atoms with Gasteiger partial charge in [0.25, 0.3) is 0 Å². The molecule has 0 amide bonds. The Morgan fingerprint density at radius 1 is 1.37 bits per heavy atom. The summed E-state index contributed by atoms with van der Waals surface area (Å²) in [6.45, 7) is -0.434. The molecule has 0 fully saturated rings. The summed E-state index contributed by atoms with van der Waals surface area (Å²) in [6.07, 6.45) is 1.22. The fraction of sp³-hybridized carbons (Fsp3) is 0.250. The Balaban J connectivity index is 2.20. The van der Waals surface area contributed by atoms with Crippen LogP contribution in [-0.4, -0.2) is 30.9 Å². The number of aliphatic hydroxyl groups is 1. The van der Waals surface area contributed by atoms with E-state index in [2.05, 4.69) is 4.98 Å². The predicted molar refractivity (Wildman–Crippen MR) is 66.5 cm³/mol. The second-order valence-electron chi connectivity index (χ2n) is 3.97. The van der Waals surface area contributed by atoms with Gasteiger partial charge in [-0.15, -0.1) is 0 Å². The maximum Gasteiger partial charge on any atom is 0.226 e. The fourth-order valence-electron chi connectivity index (χ4n) is 1.56. The Bertz CT molecular complexity index is 666. The van der Waals surface area contributed by atoms with E-state index < -0.39 is 22.3 Å². The second kappa shape index (κ2) is 5.50. The number of oxazole rings is 1. The van der Waals surface area contributed by atoms with Crippen molar-refractivity contribution in [3.05, 3.63) is 42.0 Å². The highest BCUT2D eigenvalue weighted by atomic mass is 32.2. The molecule has 19 heavy (non-hydrogen) atoms. The molecule has 1 aromatic carbocycles. The van der Waals surface area contributed by atoms with Gasteiger partial charge >= 0.3 is 0 Å². The topological polar surface area (TPSA) is 80.4 Å². The number of hydrogen-bond donors (Lipinski definition) is 1. The van der Waals surface area contributed by atoms with Crippen LogP contribution in [0.5, 0.6) is 0 Å². The molecule has 5 nitrogen and oxygen atoms in total. The highest BCUT2D eigenvalue weighted by Crippen LogP contribution is 2.20. The lowest BCUT2D eigenvalue weighted by molar-refractivity contribution is 0.319. The van der Waals surface area contributed by atoms with E-state index in [0.717, 1.165) is 0 Å². The summed E-state index contributed by atoms with van der Waals surface area (Å²) in [5.41, 5.74) is 0.665. The van der Waals surface area contributed by atoms with Crippen molar-refractivity contribution in [1.82, 2.24) is 4.98 Å². The standard InChI is InChI=1S/C12H12FNO4S/c13-10-3-1-2-9(6-10)12-14-11(7-18-12)8-19(16,17)5-4-15/h1-3,6-7,15H,4-5,8H2. The van der Waals surface area contributed by atoms with E-state index in [1.54, 1.807) is 6.07 Å². The maximum absolute atomic E-state index is 13.0. The minimum absolute atomic E-state index is 0.161. The molecule has 0 unspecified atom stereocenters. The molecule has 0 radical (unpaired) electrons. The average Bonchev–Trinajstić information content (AvgIpc) is 2.76. The minimum Gasteiger partial charge on any atom is -0.444 e. The summed E-state index contributed by atoms with van der Waals surface area (Å²) in [6, 6.07) is 5.66. The van der Waals surface area contributed by atoms with Crippen molar-refractivity contribution in [2.45, 2.75) is 5.75 Å². The highest BCUT2D eigenvalue weighted by molar-refractivity contribution is 7.90. The van der Waals surface area contributed by atoms with Crippen molar-refractivity contribution in [2.24, 2.45) is 0 Å². The molecule has 102 valence electrons. The van der Waals surface area contributed by atoms with Crippen LogP contribution in [0.25, 0.3) is 11.5 Å². The molecule has 0 bridgehead atoms. The van der Waals surface area contributed by atoms with Crippen molar-refractivity contribution in [2.75, 3.05) is 12.4 Å². The zero-order chi connectivity index (χ0) is 13.9. The van der Waals surface area contributed by atoms with E-state index in [-0.39, 0.29) is 23.1 Å². The lowest BCUT2D eigenvalue weighted by Gasteiger charge is -1.97. The van der Waals surface area contributed by atoms with Crippen molar-refractivity contribution in [1.29, 1.82) is 0 Å². The van der Waals surface area contributed by atoms with Crippen molar-refractivity contribution >= 4 is 9.84 Å². The van der Waals surface area contributed by atoms with Crippen molar-refractivity contribution in [3.63, 3.8) is 0 Å². The summed E-state index contributed by atoms with van der Waals surface area (Å²) in [5.74, 6) is -0.902. The molecule has 2 rings (SSSR count). The van der Waals surface area contributed by atoms with Gasteiger partial charge in [0.05, 0.1) is 23.8 Å². The number of benzene rings is 1. The largest absolute Gasteiger partial charge is 0.444 e. The molecular weight excluding hydrogens is 273 g/mol. The SMILES string of the molecule is O=S(=O)(CCO)Cc1coc(-c2cccc(F)c2)n1. The molecular formula is C12H12FNO4S. The Labute approximate surface area is 109 Å². The van der Waals surface area contributed by atoms with Crippen LogP contribution in [-0.2, 0) is 15.6 Å². The first-order chi connectivity index (χ1) is 9.00. The smallest absolute Gasteiger partial charge is 0.226 e. The van der Waals surface area contributed by atoms with Crippen LogP contribution in [0.1, 0.15) is 5.69 Å². The molecule has 0 atom stereocenters. The fourth-order valence-corrected chi connectivity index (χ4v) is 2.57. The first kappa shape index (κ1) is 13.7. The number of aromatic nitrogens is 1. The summed E-state index contributed by atoms with van der Waals surface area (Å²) >= 11 is 0. The molecule has 0 saturated carbocycles. The van der Waals surface area contributed by atoms with Crippen LogP contribution in [0.15, 0.2) is 34.9 Å². The van der Waals surface area contributed by atoms with E-state index in [9.17, 15) is 12.8 Å². The van der Waals surface area contributed by atoms with E-state index in [1.807, 2.05) is 0 Å². The molecule has 1 aromatic heterocycles. The Morgan fingerprint density at radius 3 is 2.84 bits per heavy atom. The lowest BCUT2D eigenvalue weighted by atomic mass is 10.2. The lowest BCUT2D eigenvalue weighted by Crippen LogP contribution is -2.12. The van der Waals surface area contributed by atoms with Crippen LogP contribution in [0.4, 0.5) is 4.39 Å². The molecule has 0 aliphatic rings. The first-order valence-corrected chi connectivity index (χ1v) is 7.34. The summed E-state index contributed by atoms with van der Waals surface area (Å²) in [7, 11) is -3.41. The molecule has 2 aromatic rings. The number of rotatable bonds is 5. The zero-order valence-electron chi connectivity index (χ0n) is 9.91. The number of sulfone groups is 1. The third kappa shape index (κ3) is 3.62. The van der Waals surface area contributed by atoms with Gasteiger partial charge in [-0.25, -0.2) is 17.8 Å². The van der Waals surface area contributed by atoms with Crippen LogP contribution in [0, 0.1) is 5.82 Å². The molecule has 0 aliphatic carbocycles.